The molecule has 1 fully saturated rings. The van der Waals surface area contributed by atoms with Crippen LogP contribution in [0.3, 0.4) is 0 Å². The monoisotopic (exact) mass is 425 g/mol. The lowest BCUT2D eigenvalue weighted by molar-refractivity contribution is 0.0860. The molecule has 0 saturated carbocycles. The Morgan fingerprint density at radius 3 is 2.71 bits per heavy atom. The molecule has 1 aromatic heterocycles. The van der Waals surface area contributed by atoms with Gasteiger partial charge in [0, 0.05) is 13.0 Å². The number of halogens is 1. The van der Waals surface area contributed by atoms with E-state index in [0.717, 1.165) is 11.1 Å². The summed E-state index contributed by atoms with van der Waals surface area (Å²) in [6, 6.07) is 15.1. The molecule has 0 radical (unpaired) electrons. The number of amides is 1. The minimum Gasteiger partial charge on any atom is -0.484 e. The third kappa shape index (κ3) is 4.84. The summed E-state index contributed by atoms with van der Waals surface area (Å²) in [5.41, 5.74) is 1.24. The molecule has 0 N–H and O–H groups in total. The molecule has 2 aromatic carbocycles. The van der Waals surface area contributed by atoms with E-state index in [1.54, 1.807) is 0 Å². The average molecular weight is 425 g/mol. The molecule has 1 saturated heterocycles. The molecule has 1 aliphatic heterocycles. The maximum absolute atomic E-state index is 15.4. The van der Waals surface area contributed by atoms with Gasteiger partial charge < -0.3 is 18.8 Å². The van der Waals surface area contributed by atoms with Crippen molar-refractivity contribution < 1.29 is 23.1 Å². The topological polar surface area (TPSA) is 77.7 Å². The number of hydrogen-bond donors (Lipinski definition) is 0. The van der Waals surface area contributed by atoms with Crippen LogP contribution in [0.2, 0.25) is 0 Å². The Balaban J connectivity index is 1.32. The molecule has 1 amide bonds. The molecule has 4 rings (SSSR count). The number of likely N-dealkylation sites (tertiary alicyclic amines) is 1. The van der Waals surface area contributed by atoms with Crippen LogP contribution in [0.4, 0.5) is 9.18 Å². The van der Waals surface area contributed by atoms with Crippen LogP contribution in [0.1, 0.15) is 34.9 Å². The first-order valence-corrected chi connectivity index (χ1v) is 10.1. The molecule has 162 valence electrons. The number of ether oxygens (including phenoxy) is 2. The van der Waals surface area contributed by atoms with Gasteiger partial charge >= 0.3 is 6.09 Å². The molecule has 1 unspecified atom stereocenters. The van der Waals surface area contributed by atoms with Gasteiger partial charge in [-0.05, 0) is 42.7 Å². The van der Waals surface area contributed by atoms with Gasteiger partial charge in [0.25, 0.3) is 11.8 Å². The molecule has 0 spiro atoms. The summed E-state index contributed by atoms with van der Waals surface area (Å²) in [6.07, 6.45) is -0.506. The third-order valence-electron chi connectivity index (χ3n) is 5.37. The van der Waals surface area contributed by atoms with E-state index in [4.69, 9.17) is 13.9 Å². The summed E-state index contributed by atoms with van der Waals surface area (Å²) in [4.78, 5) is 13.6. The van der Waals surface area contributed by atoms with Crippen molar-refractivity contribution in [2.45, 2.75) is 39.2 Å². The van der Waals surface area contributed by atoms with Gasteiger partial charge in [0.15, 0.2) is 6.61 Å². The van der Waals surface area contributed by atoms with Crippen LogP contribution in [0, 0.1) is 13.8 Å². The second-order valence-electron chi connectivity index (χ2n) is 7.71. The van der Waals surface area contributed by atoms with Crippen molar-refractivity contribution in [2.24, 2.45) is 0 Å². The largest absolute Gasteiger partial charge is 0.484 e. The maximum Gasteiger partial charge on any atom is 0.410 e. The first kappa shape index (κ1) is 20.8. The fourth-order valence-electron chi connectivity index (χ4n) is 3.36. The van der Waals surface area contributed by atoms with E-state index in [9.17, 15) is 4.79 Å². The smallest absolute Gasteiger partial charge is 0.410 e. The number of hydrogen-bond acceptors (Lipinski definition) is 6. The zero-order chi connectivity index (χ0) is 21.8. The molecular formula is C23H24FN3O4. The summed E-state index contributed by atoms with van der Waals surface area (Å²) in [6.45, 7) is 4.20. The average Bonchev–Trinajstić information content (AvgIpc) is 3.42. The van der Waals surface area contributed by atoms with Gasteiger partial charge in [-0.15, -0.1) is 10.2 Å². The SMILES string of the molecule is Cc1ccc(OCc2nnc(C3(F)CCN(C(=O)OCc4ccccc4)C3)o2)cc1C. The fraction of sp³-hybridized carbons (Fsp3) is 0.348. The van der Waals surface area contributed by atoms with Gasteiger partial charge in [-0.25, -0.2) is 9.18 Å². The van der Waals surface area contributed by atoms with Crippen molar-refractivity contribution >= 4 is 6.09 Å². The number of rotatable bonds is 6. The number of carbonyl (C=O) groups excluding carboxylic acids is 1. The Bertz CT molecular complexity index is 1060. The normalized spacial score (nSPS) is 18.2. The van der Waals surface area contributed by atoms with Crippen LogP contribution in [-0.4, -0.2) is 34.3 Å². The summed E-state index contributed by atoms with van der Waals surface area (Å²) >= 11 is 0. The van der Waals surface area contributed by atoms with Crippen molar-refractivity contribution in [3.8, 4) is 5.75 Å². The Kier molecular flexibility index (Phi) is 5.88. The minimum absolute atomic E-state index is 0.0361. The number of alkyl halides is 1. The molecule has 31 heavy (non-hydrogen) atoms. The van der Waals surface area contributed by atoms with E-state index in [2.05, 4.69) is 10.2 Å². The van der Waals surface area contributed by atoms with Gasteiger partial charge in [-0.3, -0.25) is 0 Å². The van der Waals surface area contributed by atoms with Gasteiger partial charge in [0.1, 0.15) is 12.4 Å². The summed E-state index contributed by atoms with van der Waals surface area (Å²) < 4.78 is 31.9. The van der Waals surface area contributed by atoms with Crippen molar-refractivity contribution in [2.75, 3.05) is 13.1 Å². The predicted molar refractivity (Wildman–Crippen MR) is 110 cm³/mol. The highest BCUT2D eigenvalue weighted by atomic mass is 19.1. The molecule has 8 heteroatoms. The van der Waals surface area contributed by atoms with Crippen molar-refractivity contribution in [1.82, 2.24) is 15.1 Å². The van der Waals surface area contributed by atoms with Gasteiger partial charge in [0.2, 0.25) is 5.67 Å². The fourth-order valence-corrected chi connectivity index (χ4v) is 3.36. The second kappa shape index (κ2) is 8.75. The zero-order valence-electron chi connectivity index (χ0n) is 17.5. The lowest BCUT2D eigenvalue weighted by atomic mass is 10.1. The molecule has 2 heterocycles. The van der Waals surface area contributed by atoms with Crippen molar-refractivity contribution in [3.05, 3.63) is 77.0 Å². The maximum atomic E-state index is 15.4. The van der Waals surface area contributed by atoms with Gasteiger partial charge in [-0.1, -0.05) is 36.4 Å². The van der Waals surface area contributed by atoms with Crippen LogP contribution >= 0.6 is 0 Å². The summed E-state index contributed by atoms with van der Waals surface area (Å²) in [5, 5.41) is 7.74. The minimum atomic E-state index is -1.91. The van der Waals surface area contributed by atoms with Crippen LogP contribution in [0.25, 0.3) is 0 Å². The summed E-state index contributed by atoms with van der Waals surface area (Å²) in [7, 11) is 0. The summed E-state index contributed by atoms with van der Waals surface area (Å²) in [5.74, 6) is 0.700. The molecule has 1 aliphatic rings. The number of aromatic nitrogens is 2. The predicted octanol–water partition coefficient (Wildman–Crippen LogP) is 4.47. The number of nitrogens with zero attached hydrogens (tertiary/aromatic N) is 3. The van der Waals surface area contributed by atoms with E-state index in [1.165, 1.54) is 10.5 Å². The van der Waals surface area contributed by atoms with Crippen LogP contribution in [-0.2, 0) is 23.6 Å². The van der Waals surface area contributed by atoms with Crippen LogP contribution in [0.5, 0.6) is 5.75 Å². The lowest BCUT2D eigenvalue weighted by Crippen LogP contribution is -2.32. The van der Waals surface area contributed by atoms with E-state index < -0.39 is 11.8 Å². The molecule has 0 bridgehead atoms. The van der Waals surface area contributed by atoms with E-state index in [0.29, 0.717) is 5.75 Å². The zero-order valence-corrected chi connectivity index (χ0v) is 17.5. The molecule has 7 nitrogen and oxygen atoms in total. The third-order valence-corrected chi connectivity index (χ3v) is 5.37. The number of benzene rings is 2. The molecule has 1 atom stereocenters. The van der Waals surface area contributed by atoms with Crippen molar-refractivity contribution in [3.63, 3.8) is 0 Å². The lowest BCUT2D eigenvalue weighted by Gasteiger charge is -2.18. The van der Waals surface area contributed by atoms with Gasteiger partial charge in [-0.2, -0.15) is 0 Å². The molecular weight excluding hydrogens is 401 g/mol. The first-order chi connectivity index (χ1) is 14.9. The second-order valence-corrected chi connectivity index (χ2v) is 7.71. The van der Waals surface area contributed by atoms with Gasteiger partial charge in [0.05, 0.1) is 6.54 Å². The van der Waals surface area contributed by atoms with E-state index in [1.807, 2.05) is 62.4 Å². The number of carbonyl (C=O) groups is 1. The Morgan fingerprint density at radius 2 is 1.94 bits per heavy atom. The molecule has 3 aromatic rings. The highest BCUT2D eigenvalue weighted by molar-refractivity contribution is 5.68. The van der Waals surface area contributed by atoms with Crippen LogP contribution < -0.4 is 4.74 Å². The Morgan fingerprint density at radius 1 is 1.13 bits per heavy atom. The highest BCUT2D eigenvalue weighted by Crippen LogP contribution is 2.35. The Hall–Kier alpha value is -3.42. The standard InChI is InChI=1S/C23H24FN3O4/c1-16-8-9-19(12-17(16)2)29-14-20-25-26-21(31-20)23(24)10-11-27(15-23)22(28)30-13-18-6-4-3-5-7-18/h3-9,12H,10-11,13-15H2,1-2H3. The quantitative estimate of drug-likeness (QED) is 0.580. The van der Waals surface area contributed by atoms with Crippen LogP contribution in [0.15, 0.2) is 52.9 Å². The highest BCUT2D eigenvalue weighted by Gasteiger charge is 2.46. The first-order valence-electron chi connectivity index (χ1n) is 10.1. The Labute approximate surface area is 179 Å². The number of aryl methyl sites for hydroxylation is 2. The van der Waals surface area contributed by atoms with E-state index in [-0.39, 0.29) is 44.5 Å². The molecule has 0 aliphatic carbocycles. The van der Waals surface area contributed by atoms with Crippen molar-refractivity contribution in [1.29, 1.82) is 0 Å². The van der Waals surface area contributed by atoms with E-state index >= 15 is 4.39 Å².